The molecule has 0 spiro atoms. The molecule has 1 aliphatic carbocycles. The van der Waals surface area contributed by atoms with Gasteiger partial charge in [-0.15, -0.1) is 0 Å². The van der Waals surface area contributed by atoms with Crippen LogP contribution in [0.5, 0.6) is 5.88 Å². The highest BCUT2D eigenvalue weighted by Gasteiger charge is 2.18. The topological polar surface area (TPSA) is 48.4 Å². The minimum Gasteiger partial charge on any atom is -0.431 e. The first kappa shape index (κ1) is 10.9. The molecule has 86 valence electrons. The Morgan fingerprint density at radius 2 is 2.06 bits per heavy atom. The zero-order valence-electron chi connectivity index (χ0n) is 9.09. The second-order valence-corrected chi connectivity index (χ2v) is 3.90. The van der Waals surface area contributed by atoms with Gasteiger partial charge in [-0.2, -0.15) is 0 Å². The molecule has 0 N–H and O–H groups in total. The summed E-state index contributed by atoms with van der Waals surface area (Å²) in [5.74, 6) is 0.281. The molecular formula is C12H15NO3. The summed E-state index contributed by atoms with van der Waals surface area (Å²) in [6.45, 7) is 0. The van der Waals surface area contributed by atoms with Crippen LogP contribution < -0.4 is 4.74 Å². The van der Waals surface area contributed by atoms with Gasteiger partial charge in [0.1, 0.15) is 6.10 Å². The molecular weight excluding hydrogens is 206 g/mol. The molecule has 0 aromatic carbocycles. The number of pyridine rings is 1. The first-order valence-corrected chi connectivity index (χ1v) is 5.64. The van der Waals surface area contributed by atoms with E-state index < -0.39 is 6.16 Å². The van der Waals surface area contributed by atoms with E-state index in [0.29, 0.717) is 0 Å². The quantitative estimate of drug-likeness (QED) is 0.720. The maximum Gasteiger partial charge on any atom is 0.515 e. The highest BCUT2D eigenvalue weighted by atomic mass is 16.7. The van der Waals surface area contributed by atoms with Crippen molar-refractivity contribution in [2.75, 3.05) is 0 Å². The Bertz CT molecular complexity index is 333. The molecule has 4 heteroatoms. The van der Waals surface area contributed by atoms with Gasteiger partial charge < -0.3 is 9.47 Å². The summed E-state index contributed by atoms with van der Waals surface area (Å²) in [4.78, 5) is 15.3. The summed E-state index contributed by atoms with van der Waals surface area (Å²) < 4.78 is 10.1. The van der Waals surface area contributed by atoms with E-state index in [2.05, 4.69) is 4.98 Å². The number of aromatic nitrogens is 1. The fraction of sp³-hybridized carbons (Fsp3) is 0.500. The lowest BCUT2D eigenvalue weighted by Gasteiger charge is -2.20. The van der Waals surface area contributed by atoms with Gasteiger partial charge in [0.15, 0.2) is 0 Å². The highest BCUT2D eigenvalue weighted by molar-refractivity contribution is 5.63. The van der Waals surface area contributed by atoms with Crippen LogP contribution >= 0.6 is 0 Å². The van der Waals surface area contributed by atoms with Crippen LogP contribution in [-0.2, 0) is 4.74 Å². The number of nitrogens with zero attached hydrogens (tertiary/aromatic N) is 1. The van der Waals surface area contributed by atoms with Crippen LogP contribution in [0.3, 0.4) is 0 Å². The lowest BCUT2D eigenvalue weighted by molar-refractivity contribution is 0.0407. The summed E-state index contributed by atoms with van der Waals surface area (Å²) in [5.41, 5.74) is 0. The van der Waals surface area contributed by atoms with E-state index >= 15 is 0 Å². The van der Waals surface area contributed by atoms with Gasteiger partial charge in [-0.1, -0.05) is 12.5 Å². The van der Waals surface area contributed by atoms with Crippen molar-refractivity contribution in [3.05, 3.63) is 24.4 Å². The maximum atomic E-state index is 11.4. The van der Waals surface area contributed by atoms with Crippen LogP contribution in [-0.4, -0.2) is 17.2 Å². The van der Waals surface area contributed by atoms with Crippen molar-refractivity contribution < 1.29 is 14.3 Å². The molecule has 16 heavy (non-hydrogen) atoms. The fourth-order valence-electron chi connectivity index (χ4n) is 1.84. The standard InChI is InChI=1S/C12H15NO3/c14-12(15-10-6-2-1-3-7-10)16-11-8-4-5-9-13-11/h4-5,8-10H,1-3,6-7H2. The predicted molar refractivity (Wildman–Crippen MR) is 58.2 cm³/mol. The third-order valence-electron chi connectivity index (χ3n) is 2.64. The Hall–Kier alpha value is -1.58. The van der Waals surface area contributed by atoms with E-state index in [1.165, 1.54) is 6.42 Å². The van der Waals surface area contributed by atoms with Crippen molar-refractivity contribution >= 4 is 6.16 Å². The fourth-order valence-corrected chi connectivity index (χ4v) is 1.84. The zero-order chi connectivity index (χ0) is 11.2. The molecule has 4 nitrogen and oxygen atoms in total. The van der Waals surface area contributed by atoms with E-state index in [9.17, 15) is 4.79 Å². The van der Waals surface area contributed by atoms with Crippen molar-refractivity contribution in [1.82, 2.24) is 4.98 Å². The van der Waals surface area contributed by atoms with Gasteiger partial charge in [-0.3, -0.25) is 0 Å². The molecule has 1 saturated carbocycles. The van der Waals surface area contributed by atoms with Crippen LogP contribution in [0.4, 0.5) is 4.79 Å². The van der Waals surface area contributed by atoms with E-state index in [-0.39, 0.29) is 12.0 Å². The van der Waals surface area contributed by atoms with Crippen LogP contribution in [0.1, 0.15) is 32.1 Å². The van der Waals surface area contributed by atoms with E-state index in [1.54, 1.807) is 24.4 Å². The van der Waals surface area contributed by atoms with Crippen molar-refractivity contribution in [3.63, 3.8) is 0 Å². The molecule has 0 saturated heterocycles. The number of rotatable bonds is 2. The molecule has 2 rings (SSSR count). The van der Waals surface area contributed by atoms with Crippen LogP contribution in [0.15, 0.2) is 24.4 Å². The van der Waals surface area contributed by atoms with Gasteiger partial charge in [0.05, 0.1) is 0 Å². The van der Waals surface area contributed by atoms with Gasteiger partial charge in [-0.05, 0) is 31.7 Å². The predicted octanol–water partition coefficient (Wildman–Crippen LogP) is 2.93. The number of carbonyl (C=O) groups excluding carboxylic acids is 1. The summed E-state index contributed by atoms with van der Waals surface area (Å²) >= 11 is 0. The molecule has 0 atom stereocenters. The minimum atomic E-state index is -0.648. The number of ether oxygens (including phenoxy) is 2. The van der Waals surface area contributed by atoms with Gasteiger partial charge in [0, 0.05) is 12.3 Å². The van der Waals surface area contributed by atoms with Crippen molar-refractivity contribution in [3.8, 4) is 5.88 Å². The van der Waals surface area contributed by atoms with Gasteiger partial charge >= 0.3 is 6.16 Å². The maximum absolute atomic E-state index is 11.4. The summed E-state index contributed by atoms with van der Waals surface area (Å²) in [7, 11) is 0. The Labute approximate surface area is 94.6 Å². The summed E-state index contributed by atoms with van der Waals surface area (Å²) in [6, 6.07) is 5.15. The molecule has 1 fully saturated rings. The van der Waals surface area contributed by atoms with Gasteiger partial charge in [0.2, 0.25) is 5.88 Å². The summed E-state index contributed by atoms with van der Waals surface area (Å²) in [6.07, 6.45) is 6.31. The van der Waals surface area contributed by atoms with Crippen molar-refractivity contribution in [2.24, 2.45) is 0 Å². The SMILES string of the molecule is O=C(Oc1ccccn1)OC1CCCCC1. The van der Waals surface area contributed by atoms with E-state index in [1.807, 2.05) is 0 Å². The molecule has 0 bridgehead atoms. The highest BCUT2D eigenvalue weighted by Crippen LogP contribution is 2.20. The first-order valence-electron chi connectivity index (χ1n) is 5.64. The van der Waals surface area contributed by atoms with Gasteiger partial charge in [0.25, 0.3) is 0 Å². The lowest BCUT2D eigenvalue weighted by atomic mass is 9.98. The Morgan fingerprint density at radius 1 is 1.25 bits per heavy atom. The first-order chi connectivity index (χ1) is 7.84. The van der Waals surface area contributed by atoms with Crippen molar-refractivity contribution in [1.29, 1.82) is 0 Å². The molecule has 1 aliphatic rings. The smallest absolute Gasteiger partial charge is 0.431 e. The second-order valence-electron chi connectivity index (χ2n) is 3.90. The van der Waals surface area contributed by atoms with E-state index in [0.717, 1.165) is 25.7 Å². The number of hydrogen-bond acceptors (Lipinski definition) is 4. The van der Waals surface area contributed by atoms with Crippen LogP contribution in [0.25, 0.3) is 0 Å². The monoisotopic (exact) mass is 221 g/mol. The normalized spacial score (nSPS) is 16.8. The molecule has 0 aliphatic heterocycles. The average Bonchev–Trinajstić information content (AvgIpc) is 2.31. The van der Waals surface area contributed by atoms with E-state index in [4.69, 9.17) is 9.47 Å². The lowest BCUT2D eigenvalue weighted by Crippen LogP contribution is -2.23. The number of hydrogen-bond donors (Lipinski definition) is 0. The molecule has 0 unspecified atom stereocenters. The number of carbonyl (C=O) groups is 1. The molecule has 0 radical (unpaired) electrons. The third kappa shape index (κ3) is 3.22. The third-order valence-corrected chi connectivity index (χ3v) is 2.64. The molecule has 0 amide bonds. The summed E-state index contributed by atoms with van der Waals surface area (Å²) in [5, 5.41) is 0. The average molecular weight is 221 g/mol. The minimum absolute atomic E-state index is 0.0185. The zero-order valence-corrected chi connectivity index (χ0v) is 9.09. The Balaban J connectivity index is 1.80. The molecule has 1 aromatic heterocycles. The van der Waals surface area contributed by atoms with Crippen LogP contribution in [0.2, 0.25) is 0 Å². The van der Waals surface area contributed by atoms with Crippen LogP contribution in [0, 0.1) is 0 Å². The largest absolute Gasteiger partial charge is 0.515 e. The van der Waals surface area contributed by atoms with Gasteiger partial charge in [-0.25, -0.2) is 9.78 Å². The Kier molecular flexibility index (Phi) is 3.75. The Morgan fingerprint density at radius 3 is 2.75 bits per heavy atom. The second kappa shape index (κ2) is 5.49. The molecule has 1 aromatic rings. The molecule has 1 heterocycles. The van der Waals surface area contributed by atoms with Crippen molar-refractivity contribution in [2.45, 2.75) is 38.2 Å².